The molecule has 1 unspecified atom stereocenters. The lowest BCUT2D eigenvalue weighted by atomic mass is 9.97. The third kappa shape index (κ3) is 2.12. The molecule has 0 bridgehead atoms. The maximum atomic E-state index is 12.8. The van der Waals surface area contributed by atoms with Gasteiger partial charge in [-0.3, -0.25) is 4.79 Å². The summed E-state index contributed by atoms with van der Waals surface area (Å²) >= 11 is 0. The topological polar surface area (TPSA) is 91.6 Å². The normalized spacial score (nSPS) is 18.0. The molecule has 0 spiro atoms. The average molecular weight is 340 g/mol. The van der Waals surface area contributed by atoms with Crippen molar-refractivity contribution in [3.8, 4) is 23.0 Å². The van der Waals surface area contributed by atoms with E-state index in [4.69, 9.17) is 9.47 Å². The smallest absolute Gasteiger partial charge is 0.278 e. The Morgan fingerprint density at radius 1 is 1.16 bits per heavy atom. The van der Waals surface area contributed by atoms with Crippen LogP contribution in [0.4, 0.5) is 0 Å². The zero-order chi connectivity index (χ0) is 17.7. The molecular weight excluding hydrogens is 324 g/mol. The number of amides is 1. The zero-order valence-electron chi connectivity index (χ0n) is 13.7. The quantitative estimate of drug-likeness (QED) is 0.895. The Labute approximate surface area is 143 Å². The van der Waals surface area contributed by atoms with Gasteiger partial charge in [-0.05, 0) is 23.8 Å². The van der Waals surface area contributed by atoms with E-state index in [2.05, 4.69) is 5.10 Å². The predicted molar refractivity (Wildman–Crippen MR) is 89.4 cm³/mol. The number of aromatic hydroxyl groups is 2. The van der Waals surface area contributed by atoms with Gasteiger partial charge in [-0.1, -0.05) is 6.07 Å². The molecule has 2 heterocycles. The van der Waals surface area contributed by atoms with Gasteiger partial charge in [-0.2, -0.15) is 5.10 Å². The Morgan fingerprint density at radius 3 is 2.64 bits per heavy atom. The fourth-order valence-electron chi connectivity index (χ4n) is 3.42. The lowest BCUT2D eigenvalue weighted by molar-refractivity contribution is 0.0753. The number of fused-ring (bicyclic) bond motifs is 3. The minimum Gasteiger partial charge on any atom is -0.508 e. The van der Waals surface area contributed by atoms with Crippen LogP contribution in [0.15, 0.2) is 35.4 Å². The molecule has 0 fully saturated rings. The van der Waals surface area contributed by atoms with Gasteiger partial charge < -0.3 is 19.7 Å². The summed E-state index contributed by atoms with van der Waals surface area (Å²) in [6.45, 7) is 0. The summed E-state index contributed by atoms with van der Waals surface area (Å²) in [5, 5.41) is 25.3. The molecule has 1 atom stereocenters. The van der Waals surface area contributed by atoms with Crippen LogP contribution in [-0.2, 0) is 0 Å². The first-order chi connectivity index (χ1) is 12.0. The molecule has 2 aromatic carbocycles. The first kappa shape index (κ1) is 15.3. The molecule has 7 nitrogen and oxygen atoms in total. The summed E-state index contributed by atoms with van der Waals surface area (Å²) in [6.07, 6.45) is 0.465. The lowest BCUT2D eigenvalue weighted by Gasteiger charge is -2.12. The summed E-state index contributed by atoms with van der Waals surface area (Å²) in [5.74, 6) is 0.544. The van der Waals surface area contributed by atoms with Crippen molar-refractivity contribution in [2.24, 2.45) is 5.10 Å². The van der Waals surface area contributed by atoms with Crippen molar-refractivity contribution in [3.63, 3.8) is 0 Å². The van der Waals surface area contributed by atoms with E-state index in [1.54, 1.807) is 12.1 Å². The summed E-state index contributed by atoms with van der Waals surface area (Å²) < 4.78 is 10.6. The van der Waals surface area contributed by atoms with E-state index in [9.17, 15) is 15.0 Å². The van der Waals surface area contributed by atoms with Gasteiger partial charge in [0.25, 0.3) is 5.91 Å². The third-order valence-corrected chi connectivity index (χ3v) is 4.56. The summed E-state index contributed by atoms with van der Waals surface area (Å²) in [7, 11) is 3.02. The van der Waals surface area contributed by atoms with E-state index in [1.807, 2.05) is 6.07 Å². The number of carbonyl (C=O) groups excluding carboxylic acids is 1. The highest BCUT2D eigenvalue weighted by molar-refractivity contribution is 6.10. The maximum absolute atomic E-state index is 12.8. The Hall–Kier alpha value is -3.22. The van der Waals surface area contributed by atoms with E-state index >= 15 is 0 Å². The molecule has 0 saturated carbocycles. The predicted octanol–water partition coefficient (Wildman–Crippen LogP) is 2.42. The summed E-state index contributed by atoms with van der Waals surface area (Å²) in [6, 6.07) is 7.69. The molecule has 0 saturated heterocycles. The number of methoxy groups -OCH3 is 2. The molecule has 128 valence electrons. The first-order valence-corrected chi connectivity index (χ1v) is 7.73. The van der Waals surface area contributed by atoms with Gasteiger partial charge in [0.2, 0.25) is 0 Å². The average Bonchev–Trinajstić information content (AvgIpc) is 3.13. The molecule has 4 rings (SSSR count). The van der Waals surface area contributed by atoms with Crippen molar-refractivity contribution < 1.29 is 24.5 Å². The Morgan fingerprint density at radius 2 is 1.96 bits per heavy atom. The molecule has 0 aromatic heterocycles. The number of nitrogens with zero attached hydrogens (tertiary/aromatic N) is 2. The molecule has 1 amide bonds. The van der Waals surface area contributed by atoms with Gasteiger partial charge in [0, 0.05) is 18.1 Å². The zero-order valence-corrected chi connectivity index (χ0v) is 13.7. The second kappa shape index (κ2) is 5.41. The van der Waals surface area contributed by atoms with E-state index in [1.165, 1.54) is 31.4 Å². The Kier molecular flexibility index (Phi) is 3.31. The van der Waals surface area contributed by atoms with Crippen molar-refractivity contribution in [1.29, 1.82) is 0 Å². The largest absolute Gasteiger partial charge is 0.508 e. The summed E-state index contributed by atoms with van der Waals surface area (Å²) in [4.78, 5) is 12.8. The van der Waals surface area contributed by atoms with Crippen LogP contribution >= 0.6 is 0 Å². The molecule has 2 N–H and O–H groups in total. The molecule has 0 radical (unpaired) electrons. The highest BCUT2D eigenvalue weighted by Crippen LogP contribution is 2.47. The molecule has 2 aromatic rings. The first-order valence-electron chi connectivity index (χ1n) is 7.73. The minimum absolute atomic E-state index is 0.0291. The SMILES string of the molecule is COc1ccc2c(c1OC)C(=O)N1N=C(c3ccc(O)cc3O)CC21. The number of hydrogen-bond acceptors (Lipinski definition) is 6. The van der Waals surface area contributed by atoms with Crippen LogP contribution in [0, 0.1) is 0 Å². The van der Waals surface area contributed by atoms with Crippen molar-refractivity contribution in [2.45, 2.75) is 12.5 Å². The second-order valence-electron chi connectivity index (χ2n) is 5.88. The van der Waals surface area contributed by atoms with Crippen LogP contribution in [0.2, 0.25) is 0 Å². The number of phenolic OH excluding ortho intramolecular Hbond substituents is 2. The standard InChI is InChI=1S/C18H16N2O5/c1-24-15-6-5-11-13-8-12(10-4-3-9(21)7-14(10)22)19-20(13)18(23)16(11)17(15)25-2/h3-7,13,21-22H,8H2,1-2H3. The summed E-state index contributed by atoms with van der Waals surface area (Å²) in [5.41, 5.74) is 2.38. The van der Waals surface area contributed by atoms with Crippen LogP contribution in [0.3, 0.4) is 0 Å². The second-order valence-corrected chi connectivity index (χ2v) is 5.88. The molecule has 2 aliphatic rings. The number of carbonyl (C=O) groups is 1. The highest BCUT2D eigenvalue weighted by atomic mass is 16.5. The number of phenols is 2. The Bertz CT molecular complexity index is 922. The van der Waals surface area contributed by atoms with Crippen LogP contribution in [-0.4, -0.2) is 41.1 Å². The fraction of sp³-hybridized carbons (Fsp3) is 0.222. The number of rotatable bonds is 3. The maximum Gasteiger partial charge on any atom is 0.278 e. The van der Waals surface area contributed by atoms with E-state index in [-0.39, 0.29) is 23.4 Å². The molecule has 0 aliphatic carbocycles. The lowest BCUT2D eigenvalue weighted by Crippen LogP contribution is -2.18. The van der Waals surface area contributed by atoms with Crippen LogP contribution in [0.5, 0.6) is 23.0 Å². The third-order valence-electron chi connectivity index (χ3n) is 4.56. The molecule has 25 heavy (non-hydrogen) atoms. The highest BCUT2D eigenvalue weighted by Gasteiger charge is 2.44. The molecule has 2 aliphatic heterocycles. The fourth-order valence-corrected chi connectivity index (χ4v) is 3.42. The van der Waals surface area contributed by atoms with Gasteiger partial charge in [0.1, 0.15) is 11.5 Å². The number of hydrazone groups is 1. The van der Waals surface area contributed by atoms with E-state index < -0.39 is 0 Å². The van der Waals surface area contributed by atoms with Gasteiger partial charge in [-0.15, -0.1) is 0 Å². The van der Waals surface area contributed by atoms with Crippen LogP contribution < -0.4 is 9.47 Å². The monoisotopic (exact) mass is 340 g/mol. The van der Waals surface area contributed by atoms with E-state index in [0.717, 1.165) is 5.56 Å². The number of ether oxygens (including phenoxy) is 2. The van der Waals surface area contributed by atoms with Crippen molar-refractivity contribution in [3.05, 3.63) is 47.0 Å². The van der Waals surface area contributed by atoms with Crippen LogP contribution in [0.25, 0.3) is 0 Å². The minimum atomic E-state index is -0.260. The van der Waals surface area contributed by atoms with Crippen molar-refractivity contribution in [2.75, 3.05) is 14.2 Å². The van der Waals surface area contributed by atoms with Crippen molar-refractivity contribution in [1.82, 2.24) is 5.01 Å². The van der Waals surface area contributed by atoms with Crippen molar-refractivity contribution >= 4 is 11.6 Å². The van der Waals surface area contributed by atoms with Gasteiger partial charge in [0.05, 0.1) is 31.5 Å². The van der Waals surface area contributed by atoms with Crippen LogP contribution in [0.1, 0.15) is 33.9 Å². The molecule has 7 heteroatoms. The Balaban J connectivity index is 1.76. The molecular formula is C18H16N2O5. The number of benzene rings is 2. The van der Waals surface area contributed by atoms with Gasteiger partial charge in [0.15, 0.2) is 11.5 Å². The number of hydrogen-bond donors (Lipinski definition) is 2. The van der Waals surface area contributed by atoms with E-state index in [0.29, 0.717) is 34.8 Å². The van der Waals surface area contributed by atoms with Gasteiger partial charge in [-0.25, -0.2) is 5.01 Å². The van der Waals surface area contributed by atoms with Gasteiger partial charge >= 0.3 is 0 Å².